The van der Waals surface area contributed by atoms with E-state index in [1.165, 1.54) is 18.3 Å². The summed E-state index contributed by atoms with van der Waals surface area (Å²) < 4.78 is 26.9. The van der Waals surface area contributed by atoms with E-state index in [9.17, 15) is 13.2 Å². The Labute approximate surface area is 125 Å². The Hall–Kier alpha value is -1.78. The van der Waals surface area contributed by atoms with Crippen LogP contribution in [-0.2, 0) is 10.0 Å². The SMILES string of the molecule is Cc1[nH]nc(C(=O)O)c1S(=O)(=O)NCC(C)c1nccs1. The van der Waals surface area contributed by atoms with Crippen LogP contribution in [0.15, 0.2) is 16.5 Å². The average molecular weight is 330 g/mol. The van der Waals surface area contributed by atoms with E-state index in [1.807, 2.05) is 12.3 Å². The van der Waals surface area contributed by atoms with Crippen molar-refractivity contribution in [2.45, 2.75) is 24.7 Å². The Morgan fingerprint density at radius 3 is 2.86 bits per heavy atom. The molecule has 0 radical (unpaired) electrons. The van der Waals surface area contributed by atoms with Gasteiger partial charge in [-0.2, -0.15) is 5.10 Å². The molecule has 2 heterocycles. The van der Waals surface area contributed by atoms with Crippen molar-refractivity contribution < 1.29 is 18.3 Å². The molecule has 0 aromatic carbocycles. The van der Waals surface area contributed by atoms with Crippen LogP contribution in [-0.4, -0.2) is 41.2 Å². The van der Waals surface area contributed by atoms with E-state index < -0.39 is 21.7 Å². The lowest BCUT2D eigenvalue weighted by Gasteiger charge is -2.10. The number of aryl methyl sites for hydroxylation is 1. The molecule has 0 aliphatic rings. The lowest BCUT2D eigenvalue weighted by Crippen LogP contribution is -2.29. The molecule has 0 bridgehead atoms. The van der Waals surface area contributed by atoms with Gasteiger partial charge in [-0.3, -0.25) is 5.10 Å². The van der Waals surface area contributed by atoms with Gasteiger partial charge in [-0.25, -0.2) is 22.9 Å². The number of carbonyl (C=O) groups is 1. The lowest BCUT2D eigenvalue weighted by atomic mass is 10.2. The molecule has 8 nitrogen and oxygen atoms in total. The molecule has 3 N–H and O–H groups in total. The number of carboxylic acids is 1. The van der Waals surface area contributed by atoms with Gasteiger partial charge in [0.1, 0.15) is 4.90 Å². The van der Waals surface area contributed by atoms with Gasteiger partial charge in [0.15, 0.2) is 5.69 Å². The van der Waals surface area contributed by atoms with Crippen molar-refractivity contribution >= 4 is 27.3 Å². The number of aromatic amines is 1. The molecule has 0 fully saturated rings. The average Bonchev–Trinajstić information content (AvgIpc) is 3.04. The first-order valence-electron chi connectivity index (χ1n) is 6.00. The summed E-state index contributed by atoms with van der Waals surface area (Å²) in [7, 11) is -3.96. The predicted molar refractivity (Wildman–Crippen MR) is 76.0 cm³/mol. The monoisotopic (exact) mass is 330 g/mol. The van der Waals surface area contributed by atoms with Crippen molar-refractivity contribution in [3.8, 4) is 0 Å². The molecule has 0 amide bonds. The highest BCUT2D eigenvalue weighted by Crippen LogP contribution is 2.20. The van der Waals surface area contributed by atoms with Crippen LogP contribution in [0.3, 0.4) is 0 Å². The van der Waals surface area contributed by atoms with Crippen LogP contribution < -0.4 is 4.72 Å². The van der Waals surface area contributed by atoms with E-state index in [-0.39, 0.29) is 23.1 Å². The van der Waals surface area contributed by atoms with E-state index in [0.717, 1.165) is 5.01 Å². The summed E-state index contributed by atoms with van der Waals surface area (Å²) in [5.41, 5.74) is -0.330. The summed E-state index contributed by atoms with van der Waals surface area (Å²) in [5.74, 6) is -1.51. The van der Waals surface area contributed by atoms with Crippen LogP contribution in [0.4, 0.5) is 0 Å². The van der Waals surface area contributed by atoms with Gasteiger partial charge in [-0.05, 0) is 6.92 Å². The first-order chi connectivity index (χ1) is 9.83. The molecule has 10 heteroatoms. The second kappa shape index (κ2) is 5.92. The summed E-state index contributed by atoms with van der Waals surface area (Å²) in [6, 6.07) is 0. The van der Waals surface area contributed by atoms with Crippen LogP contribution in [0.5, 0.6) is 0 Å². The summed E-state index contributed by atoms with van der Waals surface area (Å²) in [4.78, 5) is 14.8. The molecule has 21 heavy (non-hydrogen) atoms. The first-order valence-corrected chi connectivity index (χ1v) is 8.36. The summed E-state index contributed by atoms with van der Waals surface area (Å²) in [6.07, 6.45) is 1.65. The zero-order valence-corrected chi connectivity index (χ0v) is 13.0. The third-order valence-electron chi connectivity index (χ3n) is 2.81. The van der Waals surface area contributed by atoms with Crippen molar-refractivity contribution in [1.29, 1.82) is 0 Å². The molecule has 2 rings (SSSR count). The number of sulfonamides is 1. The molecule has 0 saturated heterocycles. The molecule has 2 aromatic rings. The number of nitrogens with one attached hydrogen (secondary N) is 2. The molecule has 0 aliphatic heterocycles. The van der Waals surface area contributed by atoms with Crippen LogP contribution in [0.1, 0.15) is 34.0 Å². The highest BCUT2D eigenvalue weighted by atomic mass is 32.2. The van der Waals surface area contributed by atoms with Crippen LogP contribution >= 0.6 is 11.3 Å². The maximum absolute atomic E-state index is 12.3. The fourth-order valence-corrected chi connectivity index (χ4v) is 3.91. The van der Waals surface area contributed by atoms with Gasteiger partial charge in [-0.1, -0.05) is 6.92 Å². The summed E-state index contributed by atoms with van der Waals surface area (Å²) in [5, 5.41) is 17.5. The van der Waals surface area contributed by atoms with Crippen molar-refractivity contribution in [3.63, 3.8) is 0 Å². The van der Waals surface area contributed by atoms with Crippen molar-refractivity contribution in [2.24, 2.45) is 0 Å². The van der Waals surface area contributed by atoms with Crippen molar-refractivity contribution in [1.82, 2.24) is 19.9 Å². The van der Waals surface area contributed by atoms with E-state index in [4.69, 9.17) is 5.11 Å². The number of nitrogens with zero attached hydrogens (tertiary/aromatic N) is 2. The number of aromatic carboxylic acids is 1. The number of hydrogen-bond donors (Lipinski definition) is 3. The lowest BCUT2D eigenvalue weighted by molar-refractivity contribution is 0.0686. The van der Waals surface area contributed by atoms with Gasteiger partial charge in [0.2, 0.25) is 10.0 Å². The summed E-state index contributed by atoms with van der Waals surface area (Å²) >= 11 is 1.43. The van der Waals surface area contributed by atoms with Crippen LogP contribution in [0.2, 0.25) is 0 Å². The van der Waals surface area contributed by atoms with E-state index in [0.29, 0.717) is 0 Å². The molecular weight excluding hydrogens is 316 g/mol. The number of aromatic nitrogens is 3. The second-order valence-corrected chi connectivity index (χ2v) is 7.08. The maximum atomic E-state index is 12.3. The van der Waals surface area contributed by atoms with Gasteiger partial charge >= 0.3 is 5.97 Å². The topological polar surface area (TPSA) is 125 Å². The Kier molecular flexibility index (Phi) is 4.40. The third-order valence-corrected chi connectivity index (χ3v) is 5.41. The van der Waals surface area contributed by atoms with E-state index >= 15 is 0 Å². The number of thiazole rings is 1. The zero-order valence-electron chi connectivity index (χ0n) is 11.3. The van der Waals surface area contributed by atoms with E-state index in [2.05, 4.69) is 19.9 Å². The molecule has 1 atom stereocenters. The molecule has 1 unspecified atom stereocenters. The Bertz CT molecular complexity index is 736. The van der Waals surface area contributed by atoms with Gasteiger partial charge < -0.3 is 5.11 Å². The zero-order chi connectivity index (χ0) is 15.6. The number of carboxylic acid groups (broad SMARTS) is 1. The van der Waals surface area contributed by atoms with Crippen LogP contribution in [0, 0.1) is 6.92 Å². The van der Waals surface area contributed by atoms with Crippen molar-refractivity contribution in [3.05, 3.63) is 28.0 Å². The summed E-state index contributed by atoms with van der Waals surface area (Å²) in [6.45, 7) is 3.42. The quantitative estimate of drug-likeness (QED) is 0.724. The molecule has 2 aromatic heterocycles. The largest absolute Gasteiger partial charge is 0.476 e. The maximum Gasteiger partial charge on any atom is 0.357 e. The van der Waals surface area contributed by atoms with Crippen molar-refractivity contribution in [2.75, 3.05) is 6.54 Å². The standard InChI is InChI=1S/C11H14N4O4S2/c1-6(10-12-3-4-20-10)5-13-21(18,19)9-7(2)14-15-8(9)11(16)17/h3-4,6,13H,5H2,1-2H3,(H,14,15)(H,16,17). The second-order valence-electron chi connectivity index (χ2n) is 4.45. The Morgan fingerprint density at radius 2 is 2.29 bits per heavy atom. The molecule has 0 saturated carbocycles. The highest BCUT2D eigenvalue weighted by Gasteiger charge is 2.28. The molecule has 114 valence electrons. The minimum Gasteiger partial charge on any atom is -0.476 e. The third kappa shape index (κ3) is 3.28. The fraction of sp³-hybridized carbons (Fsp3) is 0.364. The minimum atomic E-state index is -3.96. The number of H-pyrrole nitrogens is 1. The fourth-order valence-electron chi connectivity index (χ4n) is 1.76. The van der Waals surface area contributed by atoms with E-state index in [1.54, 1.807) is 6.20 Å². The number of hydrogen-bond acceptors (Lipinski definition) is 6. The van der Waals surface area contributed by atoms with Gasteiger partial charge in [-0.15, -0.1) is 11.3 Å². The first kappa shape index (κ1) is 15.6. The van der Waals surface area contributed by atoms with Crippen LogP contribution in [0.25, 0.3) is 0 Å². The molecule has 0 spiro atoms. The van der Waals surface area contributed by atoms with Gasteiger partial charge in [0.25, 0.3) is 0 Å². The predicted octanol–water partition coefficient (Wildman–Crippen LogP) is 0.955. The smallest absolute Gasteiger partial charge is 0.357 e. The normalized spacial score (nSPS) is 13.2. The minimum absolute atomic E-state index is 0.111. The molecule has 0 aliphatic carbocycles. The highest BCUT2D eigenvalue weighted by molar-refractivity contribution is 7.89. The number of rotatable bonds is 6. The van der Waals surface area contributed by atoms with Gasteiger partial charge in [0.05, 0.1) is 10.7 Å². The Balaban J connectivity index is 2.20. The van der Waals surface area contributed by atoms with Gasteiger partial charge in [0, 0.05) is 24.0 Å². The molecular formula is C11H14N4O4S2. The Morgan fingerprint density at radius 1 is 1.57 bits per heavy atom.